The van der Waals surface area contributed by atoms with Gasteiger partial charge in [-0.25, -0.2) is 14.4 Å². The first-order valence-electron chi connectivity index (χ1n) is 15.9. The maximum Gasteiger partial charge on any atom is 0.301 e. The van der Waals surface area contributed by atoms with Crippen LogP contribution in [0, 0.1) is 28.7 Å². The number of aliphatic hydroxyl groups is 1. The number of sulfonamides is 1. The van der Waals surface area contributed by atoms with Crippen molar-refractivity contribution in [3.05, 3.63) is 54.0 Å². The van der Waals surface area contributed by atoms with E-state index in [1.807, 2.05) is 0 Å². The predicted molar refractivity (Wildman–Crippen MR) is 166 cm³/mol. The zero-order valence-electron chi connectivity index (χ0n) is 25.5. The molecule has 1 unspecified atom stereocenters. The van der Waals surface area contributed by atoms with Crippen molar-refractivity contribution in [3.8, 4) is 11.7 Å². The third-order valence-corrected chi connectivity index (χ3v) is 12.1. The summed E-state index contributed by atoms with van der Waals surface area (Å²) in [6.07, 6.45) is 14.6. The van der Waals surface area contributed by atoms with Crippen molar-refractivity contribution in [2.75, 3.05) is 24.6 Å². The maximum absolute atomic E-state index is 13.6. The molecule has 3 N–H and O–H groups in total. The van der Waals surface area contributed by atoms with Crippen molar-refractivity contribution >= 4 is 26.8 Å². The molecule has 13 heteroatoms. The average molecular weight is 633 g/mol. The molecule has 4 bridgehead atoms. The highest BCUT2D eigenvalue weighted by molar-refractivity contribution is 8.05. The summed E-state index contributed by atoms with van der Waals surface area (Å²) in [5.41, 5.74) is 0.587. The molecule has 5 heterocycles. The molecule has 1 amide bonds. The van der Waals surface area contributed by atoms with Gasteiger partial charge < -0.3 is 20.1 Å². The van der Waals surface area contributed by atoms with Gasteiger partial charge in [-0.1, -0.05) is 0 Å². The molecule has 3 aliphatic carbocycles. The fourth-order valence-electron chi connectivity index (χ4n) is 8.52. The zero-order valence-corrected chi connectivity index (χ0v) is 26.3. The number of aliphatic imine (C=N–C) groups is 1. The summed E-state index contributed by atoms with van der Waals surface area (Å²) in [4.78, 5) is 24.8. The Bertz CT molecular complexity index is 1750. The lowest BCUT2D eigenvalue weighted by atomic mass is 9.93. The number of aromatic nitrogens is 3. The van der Waals surface area contributed by atoms with Crippen LogP contribution in [0.1, 0.15) is 69.2 Å². The molecule has 1 saturated heterocycles. The summed E-state index contributed by atoms with van der Waals surface area (Å²) in [7, 11) is -4.27. The van der Waals surface area contributed by atoms with Gasteiger partial charge in [-0.15, -0.1) is 5.10 Å². The Balaban J connectivity index is 1.08. The van der Waals surface area contributed by atoms with Crippen LogP contribution in [0.5, 0.6) is 5.88 Å². The number of fused-ring (bicyclic) bond motifs is 6. The van der Waals surface area contributed by atoms with Crippen molar-refractivity contribution in [2.45, 2.75) is 70.4 Å². The van der Waals surface area contributed by atoms with Crippen molar-refractivity contribution in [1.82, 2.24) is 24.8 Å². The third-order valence-electron chi connectivity index (χ3n) is 10.8. The van der Waals surface area contributed by atoms with Gasteiger partial charge in [0, 0.05) is 36.8 Å². The first kappa shape index (κ1) is 28.7. The van der Waals surface area contributed by atoms with Crippen molar-refractivity contribution in [1.29, 1.82) is 0 Å². The number of amides is 1. The summed E-state index contributed by atoms with van der Waals surface area (Å²) >= 11 is 0. The molecule has 3 aliphatic heterocycles. The van der Waals surface area contributed by atoms with Crippen molar-refractivity contribution in [3.63, 3.8) is 0 Å². The van der Waals surface area contributed by atoms with Crippen LogP contribution in [-0.2, 0) is 10.0 Å². The average Bonchev–Trinajstić information content (AvgIpc) is 3.96. The van der Waals surface area contributed by atoms with Gasteiger partial charge in [0.1, 0.15) is 24.6 Å². The largest absolute Gasteiger partial charge is 0.474 e. The van der Waals surface area contributed by atoms with E-state index >= 15 is 0 Å². The molecule has 2 aromatic heterocycles. The van der Waals surface area contributed by atoms with E-state index in [0.717, 1.165) is 19.3 Å². The number of rotatable bonds is 5. The Hall–Kier alpha value is -3.80. The monoisotopic (exact) mass is 632 g/mol. The van der Waals surface area contributed by atoms with Crippen molar-refractivity contribution in [2.24, 2.45) is 27.7 Å². The van der Waals surface area contributed by atoms with Gasteiger partial charge in [-0.05, 0) is 87.7 Å². The zero-order chi connectivity index (χ0) is 31.2. The first-order chi connectivity index (χ1) is 21.5. The molecule has 2 aromatic rings. The van der Waals surface area contributed by atoms with Gasteiger partial charge in [0.2, 0.25) is 5.88 Å². The Labute approximate surface area is 262 Å². The maximum atomic E-state index is 13.6. The lowest BCUT2D eigenvalue weighted by Gasteiger charge is -2.34. The van der Waals surface area contributed by atoms with Crippen LogP contribution < -0.4 is 19.7 Å². The highest BCUT2D eigenvalue weighted by atomic mass is 32.2. The van der Waals surface area contributed by atoms with Gasteiger partial charge in [0.25, 0.3) is 16.8 Å². The molecule has 2 atom stereocenters. The summed E-state index contributed by atoms with van der Waals surface area (Å²) < 4.78 is 36.1. The molecule has 4 fully saturated rings. The smallest absolute Gasteiger partial charge is 0.301 e. The number of nitrogens with one attached hydrogen (secondary N) is 2. The molecule has 45 heavy (non-hydrogen) atoms. The quantitative estimate of drug-likeness (QED) is 0.423. The SMILES string of the molecule is CC1(C)C[C@@H]2CCCNC3=[C+]C=CC(=N3)S(=O)(=O)NC(=O)c3ccc(-n4ccc(OCC(O)C5C6(CC6)C56CC6)n4)nc3N1C2. The molecule has 12 nitrogen and oxygen atoms in total. The van der Waals surface area contributed by atoms with Gasteiger partial charge in [0.15, 0.2) is 11.9 Å². The minimum Gasteiger partial charge on any atom is -0.474 e. The number of pyridine rings is 1. The van der Waals surface area contributed by atoms with E-state index in [4.69, 9.17) is 9.72 Å². The van der Waals surface area contributed by atoms with Gasteiger partial charge >= 0.3 is 10.0 Å². The highest BCUT2D eigenvalue weighted by Gasteiger charge is 2.87. The topological polar surface area (TPSA) is 151 Å². The standard InChI is InChI=1S/C32H37N7O5S/c1-30(2)17-20-5-4-15-33-23-6-3-7-26(34-23)45(42,43)37-29(41)21-8-9-24(35-28(21)38(30)18-20)39-16-10-25(36-39)44-19-22(40)27-31(11-12-31)32(27)13-14-32/h3,7-10,16,20,22,27,40H,4-5,11-15,17-19H2,1-2H3,(H-,33,34,37,41)/p+1/t20-,22?/m0/s1. The second kappa shape index (κ2) is 9.85. The first-order valence-corrected chi connectivity index (χ1v) is 17.4. The molecule has 0 aromatic carbocycles. The summed E-state index contributed by atoms with van der Waals surface area (Å²) in [5.74, 6) is 1.47. The Morgan fingerprint density at radius 2 is 1.96 bits per heavy atom. The van der Waals surface area contributed by atoms with Gasteiger partial charge in [-0.3, -0.25) is 4.79 Å². The van der Waals surface area contributed by atoms with E-state index in [1.165, 1.54) is 37.8 Å². The molecule has 2 spiro atoms. The van der Waals surface area contributed by atoms with Crippen LogP contribution in [0.4, 0.5) is 5.82 Å². The number of carbonyl (C=O) groups excluding carboxylic acids is 1. The lowest BCUT2D eigenvalue weighted by Crippen LogP contribution is -2.41. The van der Waals surface area contributed by atoms with Crippen LogP contribution in [0.15, 0.2) is 47.4 Å². The summed E-state index contributed by atoms with van der Waals surface area (Å²) in [6, 6.07) is 4.96. The Kier molecular flexibility index (Phi) is 6.27. The molecular weight excluding hydrogens is 594 g/mol. The molecule has 3 saturated carbocycles. The highest BCUT2D eigenvalue weighted by Crippen LogP contribution is 2.93. The van der Waals surface area contributed by atoms with E-state index < -0.39 is 22.0 Å². The van der Waals surface area contributed by atoms with Crippen LogP contribution >= 0.6 is 0 Å². The Morgan fingerprint density at radius 3 is 2.71 bits per heavy atom. The minimum absolute atomic E-state index is 0.144. The second-order valence-electron chi connectivity index (χ2n) is 14.1. The van der Waals surface area contributed by atoms with Gasteiger partial charge in [0.05, 0.1) is 11.7 Å². The van der Waals surface area contributed by atoms with Crippen LogP contribution in [-0.4, -0.2) is 70.6 Å². The lowest BCUT2D eigenvalue weighted by molar-refractivity contribution is 0.0768. The van der Waals surface area contributed by atoms with Crippen LogP contribution in [0.3, 0.4) is 0 Å². The number of anilines is 1. The van der Waals surface area contributed by atoms with Crippen molar-refractivity contribution < 1.29 is 23.1 Å². The molecular formula is C32H38N7O5S+. The molecule has 236 valence electrons. The minimum atomic E-state index is -4.27. The van der Waals surface area contributed by atoms with Crippen LogP contribution in [0.25, 0.3) is 5.82 Å². The summed E-state index contributed by atoms with van der Waals surface area (Å²) in [5, 5.41) is 18.3. The number of hydrogen-bond donors (Lipinski definition) is 3. The van der Waals surface area contributed by atoms with E-state index in [-0.39, 0.29) is 22.8 Å². The normalized spacial score (nSPS) is 27.1. The second-order valence-corrected chi connectivity index (χ2v) is 15.7. The van der Waals surface area contributed by atoms with Gasteiger partial charge in [-0.2, -0.15) is 13.4 Å². The number of aliphatic hydroxyl groups excluding tert-OH is 1. The fraction of sp³-hybridized carbons (Fsp3) is 0.562. The van der Waals surface area contributed by atoms with Crippen LogP contribution in [0.2, 0.25) is 0 Å². The third kappa shape index (κ3) is 4.74. The number of nitrogens with zero attached hydrogens (tertiary/aromatic N) is 5. The molecule has 0 radical (unpaired) electrons. The number of carbonyl (C=O) groups is 1. The van der Waals surface area contributed by atoms with E-state index in [0.29, 0.717) is 59.1 Å². The van der Waals surface area contributed by atoms with E-state index in [1.54, 1.807) is 29.1 Å². The number of allylic oxidation sites excluding steroid dienone is 2. The molecule has 8 rings (SSSR count). The Morgan fingerprint density at radius 1 is 1.18 bits per heavy atom. The molecule has 6 aliphatic rings. The predicted octanol–water partition coefficient (Wildman–Crippen LogP) is 2.86. The fourth-order valence-corrected chi connectivity index (χ4v) is 9.44. The van der Waals surface area contributed by atoms with E-state index in [9.17, 15) is 18.3 Å². The van der Waals surface area contributed by atoms with E-state index in [2.05, 4.69) is 45.0 Å². The number of ether oxygens (including phenoxy) is 1. The number of hydrogen-bond acceptors (Lipinski definition) is 10. The summed E-state index contributed by atoms with van der Waals surface area (Å²) in [6.45, 7) is 5.73.